The molecule has 0 aliphatic carbocycles. The summed E-state index contributed by atoms with van der Waals surface area (Å²) in [5, 5.41) is 5.23. The van der Waals surface area contributed by atoms with E-state index in [2.05, 4.69) is 10.6 Å². The number of aryl methyl sites for hydroxylation is 1. The average molecular weight is 300 g/mol. The maximum absolute atomic E-state index is 13.5. The van der Waals surface area contributed by atoms with Crippen LogP contribution in [-0.2, 0) is 11.2 Å². The van der Waals surface area contributed by atoms with Crippen LogP contribution in [-0.4, -0.2) is 18.9 Å². The van der Waals surface area contributed by atoms with Crippen molar-refractivity contribution in [3.63, 3.8) is 0 Å². The highest BCUT2D eigenvalue weighted by Gasteiger charge is 2.08. The van der Waals surface area contributed by atoms with E-state index in [1.807, 2.05) is 0 Å². The van der Waals surface area contributed by atoms with E-state index in [-0.39, 0.29) is 24.1 Å². The van der Waals surface area contributed by atoms with Gasteiger partial charge in [0.25, 0.3) is 5.91 Å². The van der Waals surface area contributed by atoms with Gasteiger partial charge in [0, 0.05) is 24.7 Å². The van der Waals surface area contributed by atoms with E-state index >= 15 is 0 Å². The smallest absolute Gasteiger partial charge is 0.251 e. The van der Waals surface area contributed by atoms with Crippen LogP contribution in [0.1, 0.15) is 22.3 Å². The Hall–Kier alpha value is -2.69. The Morgan fingerprint density at radius 1 is 1.09 bits per heavy atom. The molecule has 0 saturated carbocycles. The molecule has 0 bridgehead atoms. The molecule has 2 N–H and O–H groups in total. The molecule has 0 aliphatic heterocycles. The standard InChI is InChI=1S/C17H17FN2O2/c1-19-17(22)13-6-4-7-14(11-13)20-16(21)10-9-12-5-2-3-8-15(12)18/h2-8,11H,9-10H2,1H3,(H,19,22)(H,20,21). The summed E-state index contributed by atoms with van der Waals surface area (Å²) in [6.07, 6.45) is 0.499. The Labute approximate surface area is 128 Å². The van der Waals surface area contributed by atoms with Crippen molar-refractivity contribution < 1.29 is 14.0 Å². The third kappa shape index (κ3) is 4.15. The normalized spacial score (nSPS) is 10.1. The van der Waals surface area contributed by atoms with Crippen molar-refractivity contribution in [3.05, 3.63) is 65.5 Å². The van der Waals surface area contributed by atoms with Crippen molar-refractivity contribution in [2.45, 2.75) is 12.8 Å². The Morgan fingerprint density at radius 2 is 1.86 bits per heavy atom. The molecule has 0 saturated heterocycles. The van der Waals surface area contributed by atoms with Gasteiger partial charge in [-0.1, -0.05) is 24.3 Å². The van der Waals surface area contributed by atoms with Gasteiger partial charge < -0.3 is 10.6 Å². The first-order valence-electron chi connectivity index (χ1n) is 6.95. The lowest BCUT2D eigenvalue weighted by Gasteiger charge is -2.07. The SMILES string of the molecule is CNC(=O)c1cccc(NC(=O)CCc2ccccc2F)c1. The van der Waals surface area contributed by atoms with Gasteiger partial charge in [-0.15, -0.1) is 0 Å². The number of anilines is 1. The molecule has 0 radical (unpaired) electrons. The van der Waals surface area contributed by atoms with Crippen molar-refractivity contribution in [1.82, 2.24) is 5.32 Å². The van der Waals surface area contributed by atoms with Crippen molar-refractivity contribution in [2.75, 3.05) is 12.4 Å². The molecule has 2 rings (SSSR count). The molecule has 0 atom stereocenters. The van der Waals surface area contributed by atoms with E-state index in [1.165, 1.54) is 6.07 Å². The number of hydrogen-bond acceptors (Lipinski definition) is 2. The molecule has 0 aliphatic rings. The Balaban J connectivity index is 1.95. The van der Waals surface area contributed by atoms with E-state index in [1.54, 1.807) is 49.5 Å². The molecule has 22 heavy (non-hydrogen) atoms. The molecule has 5 heteroatoms. The maximum atomic E-state index is 13.5. The number of rotatable bonds is 5. The van der Waals surface area contributed by atoms with Crippen LogP contribution in [0.2, 0.25) is 0 Å². The van der Waals surface area contributed by atoms with Gasteiger partial charge in [0.05, 0.1) is 0 Å². The van der Waals surface area contributed by atoms with Crippen LogP contribution in [0.15, 0.2) is 48.5 Å². The summed E-state index contributed by atoms with van der Waals surface area (Å²) < 4.78 is 13.5. The van der Waals surface area contributed by atoms with Crippen LogP contribution in [0, 0.1) is 5.82 Å². The highest BCUT2D eigenvalue weighted by molar-refractivity contribution is 5.97. The summed E-state index contributed by atoms with van der Waals surface area (Å²) in [5.41, 5.74) is 1.52. The van der Waals surface area contributed by atoms with Crippen molar-refractivity contribution >= 4 is 17.5 Å². The second-order valence-corrected chi connectivity index (χ2v) is 4.80. The minimum absolute atomic E-state index is 0.172. The first-order valence-corrected chi connectivity index (χ1v) is 6.95. The van der Waals surface area contributed by atoms with Crippen LogP contribution in [0.5, 0.6) is 0 Å². The fraction of sp³-hybridized carbons (Fsp3) is 0.176. The van der Waals surface area contributed by atoms with E-state index in [0.717, 1.165) is 0 Å². The van der Waals surface area contributed by atoms with Crippen LogP contribution in [0.25, 0.3) is 0 Å². The van der Waals surface area contributed by atoms with Gasteiger partial charge in [0.15, 0.2) is 0 Å². The van der Waals surface area contributed by atoms with E-state index in [0.29, 0.717) is 23.2 Å². The molecule has 2 aromatic rings. The molecule has 0 unspecified atom stereocenters. The van der Waals surface area contributed by atoms with Gasteiger partial charge in [0.2, 0.25) is 5.91 Å². The second kappa shape index (κ2) is 7.36. The summed E-state index contributed by atoms with van der Waals surface area (Å²) in [4.78, 5) is 23.4. The van der Waals surface area contributed by atoms with Crippen molar-refractivity contribution in [2.24, 2.45) is 0 Å². The van der Waals surface area contributed by atoms with E-state index in [9.17, 15) is 14.0 Å². The number of carbonyl (C=O) groups excluding carboxylic acids is 2. The largest absolute Gasteiger partial charge is 0.355 e. The first kappa shape index (κ1) is 15.7. The van der Waals surface area contributed by atoms with Gasteiger partial charge in [0.1, 0.15) is 5.82 Å². The van der Waals surface area contributed by atoms with Crippen LogP contribution in [0.3, 0.4) is 0 Å². The zero-order valence-corrected chi connectivity index (χ0v) is 12.2. The van der Waals surface area contributed by atoms with Gasteiger partial charge in [-0.05, 0) is 36.2 Å². The van der Waals surface area contributed by atoms with E-state index < -0.39 is 0 Å². The fourth-order valence-corrected chi connectivity index (χ4v) is 2.06. The zero-order chi connectivity index (χ0) is 15.9. The summed E-state index contributed by atoms with van der Waals surface area (Å²) in [5.74, 6) is -0.753. The summed E-state index contributed by atoms with van der Waals surface area (Å²) >= 11 is 0. The van der Waals surface area contributed by atoms with Gasteiger partial charge in [-0.2, -0.15) is 0 Å². The summed E-state index contributed by atoms with van der Waals surface area (Å²) in [6.45, 7) is 0. The molecule has 114 valence electrons. The Morgan fingerprint density at radius 3 is 2.59 bits per heavy atom. The molecule has 2 amide bonds. The number of hydrogen-bond donors (Lipinski definition) is 2. The fourth-order valence-electron chi connectivity index (χ4n) is 2.06. The lowest BCUT2D eigenvalue weighted by molar-refractivity contribution is -0.116. The highest BCUT2D eigenvalue weighted by atomic mass is 19.1. The second-order valence-electron chi connectivity index (χ2n) is 4.80. The third-order valence-electron chi connectivity index (χ3n) is 3.21. The molecule has 0 spiro atoms. The summed E-state index contributed by atoms with van der Waals surface area (Å²) in [6, 6.07) is 13.0. The number of halogens is 1. The highest BCUT2D eigenvalue weighted by Crippen LogP contribution is 2.13. The minimum atomic E-state index is -0.308. The quantitative estimate of drug-likeness (QED) is 0.892. The van der Waals surface area contributed by atoms with Crippen molar-refractivity contribution in [3.8, 4) is 0 Å². The maximum Gasteiger partial charge on any atom is 0.251 e. The molecule has 2 aromatic carbocycles. The van der Waals surface area contributed by atoms with E-state index in [4.69, 9.17) is 0 Å². The number of carbonyl (C=O) groups is 2. The van der Waals surface area contributed by atoms with Crippen LogP contribution in [0.4, 0.5) is 10.1 Å². The zero-order valence-electron chi connectivity index (χ0n) is 12.2. The van der Waals surface area contributed by atoms with Crippen LogP contribution < -0.4 is 10.6 Å². The number of amides is 2. The average Bonchev–Trinajstić information content (AvgIpc) is 2.53. The van der Waals surface area contributed by atoms with Gasteiger partial charge in [-0.3, -0.25) is 9.59 Å². The van der Waals surface area contributed by atoms with Gasteiger partial charge in [-0.25, -0.2) is 4.39 Å². The van der Waals surface area contributed by atoms with Gasteiger partial charge >= 0.3 is 0 Å². The molecule has 0 aromatic heterocycles. The Kier molecular flexibility index (Phi) is 5.25. The minimum Gasteiger partial charge on any atom is -0.355 e. The monoisotopic (exact) mass is 300 g/mol. The lowest BCUT2D eigenvalue weighted by Crippen LogP contribution is -2.18. The molecular formula is C17H17FN2O2. The topological polar surface area (TPSA) is 58.2 Å². The molecule has 4 nitrogen and oxygen atoms in total. The third-order valence-corrected chi connectivity index (χ3v) is 3.21. The molecule has 0 fully saturated rings. The number of benzene rings is 2. The molecular weight excluding hydrogens is 283 g/mol. The van der Waals surface area contributed by atoms with Crippen LogP contribution >= 0.6 is 0 Å². The predicted molar refractivity (Wildman–Crippen MR) is 83.2 cm³/mol. The first-order chi connectivity index (χ1) is 10.6. The molecule has 0 heterocycles. The Bertz CT molecular complexity index is 686. The van der Waals surface area contributed by atoms with Crippen molar-refractivity contribution in [1.29, 1.82) is 0 Å². The number of nitrogens with one attached hydrogen (secondary N) is 2. The summed E-state index contributed by atoms with van der Waals surface area (Å²) in [7, 11) is 1.54. The lowest BCUT2D eigenvalue weighted by atomic mass is 10.1. The predicted octanol–water partition coefficient (Wildman–Crippen LogP) is 2.76.